The molecule has 0 unspecified atom stereocenters. The predicted octanol–water partition coefficient (Wildman–Crippen LogP) is 3.45. The van der Waals surface area contributed by atoms with Gasteiger partial charge in [0.25, 0.3) is 11.8 Å². The molecule has 6 heteroatoms. The lowest BCUT2D eigenvalue weighted by Crippen LogP contribution is -2.54. The van der Waals surface area contributed by atoms with Crippen LogP contribution in [-0.2, 0) is 9.59 Å². The largest absolute Gasteiger partial charge is 0.497 e. The van der Waals surface area contributed by atoms with Crippen LogP contribution >= 0.6 is 12.2 Å². The molecule has 2 aromatic carbocycles. The first-order valence-electron chi connectivity index (χ1n) is 8.45. The molecule has 0 bridgehead atoms. The highest BCUT2D eigenvalue weighted by Crippen LogP contribution is 2.27. The van der Waals surface area contributed by atoms with Crippen LogP contribution < -0.4 is 15.0 Å². The number of carbonyl (C=O) groups excluding carboxylic acids is 2. The number of benzene rings is 2. The van der Waals surface area contributed by atoms with Gasteiger partial charge in [-0.15, -0.1) is 0 Å². The van der Waals surface area contributed by atoms with E-state index in [0.29, 0.717) is 11.4 Å². The van der Waals surface area contributed by atoms with E-state index < -0.39 is 11.8 Å². The number of methoxy groups -OCH3 is 1. The van der Waals surface area contributed by atoms with Crippen molar-refractivity contribution >= 4 is 40.9 Å². The molecule has 0 spiro atoms. The Hall–Kier alpha value is -2.99. The van der Waals surface area contributed by atoms with Crippen molar-refractivity contribution in [3.63, 3.8) is 0 Å². The fourth-order valence-electron chi connectivity index (χ4n) is 2.93. The summed E-state index contributed by atoms with van der Waals surface area (Å²) < 4.78 is 5.20. The smallest absolute Gasteiger partial charge is 0.270 e. The third-order valence-electron chi connectivity index (χ3n) is 4.48. The Morgan fingerprint density at radius 1 is 1.04 bits per heavy atom. The molecule has 0 aliphatic carbocycles. The fraction of sp³-hybridized carbons (Fsp3) is 0.190. The number of anilines is 1. The standard InChI is InChI=1S/C21H20N2O3S/c1-12-5-6-13(2)18(9-12)23-20(25)17(19(24)22-21(23)27)11-15-7-8-16(26-4)10-14(15)3/h5-11H,1-4H3,(H,22,24,27)/b17-11+. The second-order valence-corrected chi connectivity index (χ2v) is 6.86. The highest BCUT2D eigenvalue weighted by molar-refractivity contribution is 7.80. The van der Waals surface area contributed by atoms with Gasteiger partial charge < -0.3 is 4.74 Å². The minimum absolute atomic E-state index is 0.0396. The second-order valence-electron chi connectivity index (χ2n) is 6.47. The summed E-state index contributed by atoms with van der Waals surface area (Å²) in [4.78, 5) is 27.0. The van der Waals surface area contributed by atoms with Gasteiger partial charge in [-0.05, 0) is 79.5 Å². The average molecular weight is 380 g/mol. The molecule has 2 aromatic rings. The van der Waals surface area contributed by atoms with Crippen LogP contribution in [0, 0.1) is 20.8 Å². The van der Waals surface area contributed by atoms with Gasteiger partial charge in [0.15, 0.2) is 5.11 Å². The summed E-state index contributed by atoms with van der Waals surface area (Å²) in [5, 5.41) is 2.71. The average Bonchev–Trinajstić information content (AvgIpc) is 2.62. The van der Waals surface area contributed by atoms with Gasteiger partial charge in [-0.2, -0.15) is 0 Å². The van der Waals surface area contributed by atoms with E-state index >= 15 is 0 Å². The molecule has 138 valence electrons. The van der Waals surface area contributed by atoms with Gasteiger partial charge in [-0.1, -0.05) is 18.2 Å². The van der Waals surface area contributed by atoms with Crippen LogP contribution in [-0.4, -0.2) is 24.0 Å². The number of hydrogen-bond acceptors (Lipinski definition) is 4. The van der Waals surface area contributed by atoms with Crippen LogP contribution in [0.1, 0.15) is 22.3 Å². The summed E-state index contributed by atoms with van der Waals surface area (Å²) in [5.74, 6) is -0.221. The number of amides is 2. The van der Waals surface area contributed by atoms with Crippen molar-refractivity contribution in [2.45, 2.75) is 20.8 Å². The number of nitrogens with zero attached hydrogens (tertiary/aromatic N) is 1. The summed E-state index contributed by atoms with van der Waals surface area (Å²) in [5.41, 5.74) is 4.27. The molecule has 0 atom stereocenters. The molecule has 3 rings (SSSR count). The van der Waals surface area contributed by atoms with Crippen molar-refractivity contribution in [2.75, 3.05) is 12.0 Å². The Kier molecular flexibility index (Phi) is 5.10. The van der Waals surface area contributed by atoms with E-state index in [0.717, 1.165) is 22.3 Å². The lowest BCUT2D eigenvalue weighted by atomic mass is 10.0. The quantitative estimate of drug-likeness (QED) is 0.503. The van der Waals surface area contributed by atoms with Crippen LogP contribution in [0.25, 0.3) is 6.08 Å². The number of hydrogen-bond donors (Lipinski definition) is 1. The van der Waals surface area contributed by atoms with Crippen LogP contribution in [0.15, 0.2) is 42.0 Å². The molecule has 1 aliphatic heterocycles. The van der Waals surface area contributed by atoms with Gasteiger partial charge in [0, 0.05) is 0 Å². The minimum atomic E-state index is -0.498. The molecule has 1 heterocycles. The Bertz CT molecular complexity index is 995. The minimum Gasteiger partial charge on any atom is -0.497 e. The monoisotopic (exact) mass is 380 g/mol. The molecule has 2 amide bonds. The van der Waals surface area contributed by atoms with Gasteiger partial charge in [0.05, 0.1) is 12.8 Å². The molecule has 1 saturated heterocycles. The predicted molar refractivity (Wildman–Crippen MR) is 110 cm³/mol. The number of ether oxygens (including phenoxy) is 1. The summed E-state index contributed by atoms with van der Waals surface area (Å²) >= 11 is 5.27. The van der Waals surface area contributed by atoms with E-state index in [4.69, 9.17) is 17.0 Å². The molecule has 5 nitrogen and oxygen atoms in total. The second kappa shape index (κ2) is 7.32. The van der Waals surface area contributed by atoms with Crippen molar-refractivity contribution in [1.82, 2.24) is 5.32 Å². The highest BCUT2D eigenvalue weighted by atomic mass is 32.1. The zero-order valence-corrected chi connectivity index (χ0v) is 16.4. The first kappa shape index (κ1) is 18.8. The SMILES string of the molecule is COc1ccc(/C=C2\C(=O)NC(=S)N(c3cc(C)ccc3C)C2=O)c(C)c1. The van der Waals surface area contributed by atoms with Gasteiger partial charge in [0.1, 0.15) is 11.3 Å². The fourth-order valence-corrected chi connectivity index (χ4v) is 3.20. The van der Waals surface area contributed by atoms with Crippen LogP contribution in [0.4, 0.5) is 5.69 Å². The molecule has 27 heavy (non-hydrogen) atoms. The molecule has 1 N–H and O–H groups in total. The summed E-state index contributed by atoms with van der Waals surface area (Å²) in [6, 6.07) is 11.2. The number of rotatable bonds is 3. The van der Waals surface area contributed by atoms with Crippen molar-refractivity contribution in [3.8, 4) is 5.75 Å². The third kappa shape index (κ3) is 3.61. The van der Waals surface area contributed by atoms with E-state index in [1.165, 1.54) is 4.90 Å². The van der Waals surface area contributed by atoms with Crippen molar-refractivity contribution in [3.05, 3.63) is 64.2 Å². The third-order valence-corrected chi connectivity index (χ3v) is 4.77. The zero-order chi connectivity index (χ0) is 19.7. The maximum Gasteiger partial charge on any atom is 0.270 e. The van der Waals surface area contributed by atoms with Crippen LogP contribution in [0.2, 0.25) is 0 Å². The Morgan fingerprint density at radius 2 is 1.78 bits per heavy atom. The van der Waals surface area contributed by atoms with E-state index in [1.54, 1.807) is 19.3 Å². The normalized spacial score (nSPS) is 15.9. The zero-order valence-electron chi connectivity index (χ0n) is 15.6. The van der Waals surface area contributed by atoms with E-state index in [9.17, 15) is 9.59 Å². The Balaban J connectivity index is 2.06. The summed E-state index contributed by atoms with van der Waals surface area (Å²) in [7, 11) is 1.59. The summed E-state index contributed by atoms with van der Waals surface area (Å²) in [6.07, 6.45) is 1.59. The molecule has 0 saturated carbocycles. The number of nitrogens with one attached hydrogen (secondary N) is 1. The van der Waals surface area contributed by atoms with E-state index in [1.807, 2.05) is 51.1 Å². The molecular weight excluding hydrogens is 360 g/mol. The Labute approximate surface area is 163 Å². The summed E-state index contributed by atoms with van der Waals surface area (Å²) in [6.45, 7) is 5.74. The molecular formula is C21H20N2O3S. The molecule has 1 aliphatic rings. The number of carbonyl (C=O) groups is 2. The van der Waals surface area contributed by atoms with Crippen LogP contribution in [0.5, 0.6) is 5.75 Å². The number of aryl methyl sites for hydroxylation is 3. The van der Waals surface area contributed by atoms with Gasteiger partial charge in [-0.25, -0.2) is 0 Å². The molecule has 0 radical (unpaired) electrons. The van der Waals surface area contributed by atoms with E-state index in [-0.39, 0.29) is 10.7 Å². The first-order chi connectivity index (χ1) is 12.8. The topological polar surface area (TPSA) is 58.6 Å². The molecule has 1 fully saturated rings. The lowest BCUT2D eigenvalue weighted by Gasteiger charge is -2.30. The van der Waals surface area contributed by atoms with E-state index in [2.05, 4.69) is 5.32 Å². The maximum absolute atomic E-state index is 13.1. The first-order valence-corrected chi connectivity index (χ1v) is 8.86. The van der Waals surface area contributed by atoms with Gasteiger partial charge in [-0.3, -0.25) is 19.8 Å². The highest BCUT2D eigenvalue weighted by Gasteiger charge is 2.35. The van der Waals surface area contributed by atoms with Crippen LogP contribution in [0.3, 0.4) is 0 Å². The van der Waals surface area contributed by atoms with Crippen molar-refractivity contribution < 1.29 is 14.3 Å². The Morgan fingerprint density at radius 3 is 2.44 bits per heavy atom. The van der Waals surface area contributed by atoms with Crippen molar-refractivity contribution in [2.24, 2.45) is 0 Å². The number of thiocarbonyl (C=S) groups is 1. The van der Waals surface area contributed by atoms with Gasteiger partial charge >= 0.3 is 0 Å². The van der Waals surface area contributed by atoms with Crippen molar-refractivity contribution in [1.29, 1.82) is 0 Å². The lowest BCUT2D eigenvalue weighted by molar-refractivity contribution is -0.122. The molecule has 0 aromatic heterocycles. The van der Waals surface area contributed by atoms with Gasteiger partial charge in [0.2, 0.25) is 0 Å². The maximum atomic E-state index is 13.1.